The molecule has 0 aliphatic heterocycles. The summed E-state index contributed by atoms with van der Waals surface area (Å²) in [6, 6.07) is 9.73. The molecule has 0 atom stereocenters. The van der Waals surface area contributed by atoms with Crippen LogP contribution in [0, 0.1) is 0 Å². The molecule has 0 aromatic heterocycles. The second-order valence-electron chi connectivity index (χ2n) is 4.33. The molecule has 115 valence electrons. The van der Waals surface area contributed by atoms with Crippen molar-refractivity contribution in [1.29, 1.82) is 0 Å². The van der Waals surface area contributed by atoms with Gasteiger partial charge in [0.2, 0.25) is 0 Å². The molecule has 0 saturated heterocycles. The van der Waals surface area contributed by atoms with Crippen molar-refractivity contribution in [3.05, 3.63) is 54.1 Å². The van der Waals surface area contributed by atoms with Crippen LogP contribution < -0.4 is 4.74 Å². The van der Waals surface area contributed by atoms with E-state index in [2.05, 4.69) is 4.74 Å². The first-order chi connectivity index (χ1) is 10.2. The van der Waals surface area contributed by atoms with Gasteiger partial charge in [0.15, 0.2) is 0 Å². The van der Waals surface area contributed by atoms with Crippen LogP contribution in [0.2, 0.25) is 0 Å². The van der Waals surface area contributed by atoms with E-state index in [1.54, 1.807) is 0 Å². The second-order valence-corrected chi connectivity index (χ2v) is 4.33. The van der Waals surface area contributed by atoms with E-state index >= 15 is 0 Å². The first-order valence-corrected chi connectivity index (χ1v) is 5.95. The number of rotatable bonds is 4. The number of hydrogen-bond donors (Lipinski definition) is 0. The number of ether oxygens (including phenoxy) is 1. The highest BCUT2D eigenvalue weighted by Gasteiger charge is 2.32. The maximum absolute atomic E-state index is 13.1. The zero-order valence-electron chi connectivity index (χ0n) is 10.8. The fraction of sp³-hybridized carbons (Fsp3) is 0.133. The summed E-state index contributed by atoms with van der Waals surface area (Å²) in [7, 11) is 0. The van der Waals surface area contributed by atoms with Crippen LogP contribution >= 0.6 is 0 Å². The molecule has 0 aliphatic carbocycles. The average molecular weight is 315 g/mol. The minimum absolute atomic E-state index is 0.380. The van der Waals surface area contributed by atoms with Gasteiger partial charge in [0.1, 0.15) is 5.75 Å². The van der Waals surface area contributed by atoms with Gasteiger partial charge in [-0.3, -0.25) is 4.79 Å². The Morgan fingerprint density at radius 3 is 1.64 bits per heavy atom. The van der Waals surface area contributed by atoms with Gasteiger partial charge in [-0.25, -0.2) is 0 Å². The van der Waals surface area contributed by atoms with Crippen molar-refractivity contribution in [3.8, 4) is 16.9 Å². The van der Waals surface area contributed by atoms with Crippen molar-refractivity contribution >= 4 is 6.29 Å². The minimum atomic E-state index is -4.78. The zero-order valence-corrected chi connectivity index (χ0v) is 10.8. The predicted molar refractivity (Wildman–Crippen MR) is 68.1 cm³/mol. The third kappa shape index (κ3) is 3.81. The Labute approximate surface area is 122 Å². The Hall–Kier alpha value is -2.44. The molecular formula is C15H8F5O2. The van der Waals surface area contributed by atoms with Crippen molar-refractivity contribution in [2.75, 3.05) is 0 Å². The molecule has 0 saturated carbocycles. The summed E-state index contributed by atoms with van der Waals surface area (Å²) in [6.07, 6.45) is -4.14. The molecule has 0 spiro atoms. The number of benzene rings is 2. The van der Waals surface area contributed by atoms with Crippen LogP contribution in [-0.2, 0) is 10.7 Å². The Morgan fingerprint density at radius 1 is 0.773 bits per heavy atom. The maximum Gasteiger partial charge on any atom is 0.573 e. The summed E-state index contributed by atoms with van der Waals surface area (Å²) < 4.78 is 66.0. The molecule has 2 aromatic rings. The number of alkyl halides is 5. The van der Waals surface area contributed by atoms with E-state index < -0.39 is 17.8 Å². The van der Waals surface area contributed by atoms with Gasteiger partial charge in [-0.05, 0) is 23.3 Å². The SMILES string of the molecule is O=[C]C(F)(F)c1ccc(-c2ccc(OC(F)(F)F)cc2)cc1. The van der Waals surface area contributed by atoms with Gasteiger partial charge in [0.25, 0.3) is 6.29 Å². The molecule has 22 heavy (non-hydrogen) atoms. The van der Waals surface area contributed by atoms with Gasteiger partial charge in [0.05, 0.1) is 0 Å². The number of halogens is 5. The van der Waals surface area contributed by atoms with Crippen molar-refractivity contribution in [3.63, 3.8) is 0 Å². The molecule has 2 aromatic carbocycles. The van der Waals surface area contributed by atoms with Crippen molar-refractivity contribution in [2.45, 2.75) is 12.3 Å². The van der Waals surface area contributed by atoms with Crippen LogP contribution in [0.1, 0.15) is 5.56 Å². The zero-order chi connectivity index (χ0) is 16.4. The molecule has 1 radical (unpaired) electrons. The standard InChI is InChI=1S/C15H8F5O2/c16-14(17,9-21)12-5-1-10(2-6-12)11-3-7-13(8-4-11)22-15(18,19)20/h1-8H. The third-order valence-corrected chi connectivity index (χ3v) is 2.80. The van der Waals surface area contributed by atoms with Crippen LogP contribution in [0.3, 0.4) is 0 Å². The Kier molecular flexibility index (Phi) is 4.16. The molecule has 0 aliphatic rings. The third-order valence-electron chi connectivity index (χ3n) is 2.80. The Bertz CT molecular complexity index is 645. The fourth-order valence-electron chi connectivity index (χ4n) is 1.78. The summed E-state index contributed by atoms with van der Waals surface area (Å²) in [6.45, 7) is 0. The maximum atomic E-state index is 13.1. The lowest BCUT2D eigenvalue weighted by molar-refractivity contribution is -0.274. The van der Waals surface area contributed by atoms with Crippen molar-refractivity contribution in [1.82, 2.24) is 0 Å². The lowest BCUT2D eigenvalue weighted by Gasteiger charge is -2.11. The molecule has 2 nitrogen and oxygen atoms in total. The van der Waals surface area contributed by atoms with E-state index in [4.69, 9.17) is 0 Å². The average Bonchev–Trinajstić information content (AvgIpc) is 2.46. The molecule has 0 unspecified atom stereocenters. The second kappa shape index (κ2) is 5.75. The lowest BCUT2D eigenvalue weighted by Crippen LogP contribution is -2.16. The van der Waals surface area contributed by atoms with E-state index in [9.17, 15) is 26.7 Å². The van der Waals surface area contributed by atoms with Crippen LogP contribution in [0.25, 0.3) is 11.1 Å². The van der Waals surface area contributed by atoms with E-state index in [-0.39, 0.29) is 5.75 Å². The van der Waals surface area contributed by atoms with Crippen LogP contribution in [0.5, 0.6) is 5.75 Å². The largest absolute Gasteiger partial charge is 0.573 e. The summed E-state index contributed by atoms with van der Waals surface area (Å²) in [5, 5.41) is 0. The molecule has 2 rings (SSSR count). The highest BCUT2D eigenvalue weighted by atomic mass is 19.4. The van der Waals surface area contributed by atoms with Gasteiger partial charge >= 0.3 is 12.3 Å². The van der Waals surface area contributed by atoms with Crippen LogP contribution in [0.4, 0.5) is 22.0 Å². The van der Waals surface area contributed by atoms with Crippen molar-refractivity contribution in [2.24, 2.45) is 0 Å². The molecular weight excluding hydrogens is 307 g/mol. The normalized spacial score (nSPS) is 12.0. The predicted octanol–water partition coefficient (Wildman–Crippen LogP) is 4.45. The monoisotopic (exact) mass is 315 g/mol. The van der Waals surface area contributed by atoms with Gasteiger partial charge in [-0.15, -0.1) is 13.2 Å². The highest BCUT2D eigenvalue weighted by molar-refractivity contribution is 5.68. The number of hydrogen-bond acceptors (Lipinski definition) is 2. The Morgan fingerprint density at radius 2 is 1.23 bits per heavy atom. The smallest absolute Gasteiger partial charge is 0.406 e. The van der Waals surface area contributed by atoms with E-state index in [1.165, 1.54) is 24.3 Å². The van der Waals surface area contributed by atoms with Gasteiger partial charge in [-0.2, -0.15) is 8.78 Å². The van der Waals surface area contributed by atoms with Gasteiger partial charge in [0, 0.05) is 5.56 Å². The first-order valence-electron chi connectivity index (χ1n) is 5.95. The summed E-state index contributed by atoms with van der Waals surface area (Å²) in [5.74, 6) is -4.07. The quantitative estimate of drug-likeness (QED) is 0.779. The first kappa shape index (κ1) is 15.9. The summed E-state index contributed by atoms with van der Waals surface area (Å²) in [4.78, 5) is 10.2. The van der Waals surface area contributed by atoms with Crippen LogP contribution in [0.15, 0.2) is 48.5 Å². The fourth-order valence-corrected chi connectivity index (χ4v) is 1.78. The van der Waals surface area contributed by atoms with E-state index in [0.29, 0.717) is 17.4 Å². The van der Waals surface area contributed by atoms with Gasteiger partial charge in [-0.1, -0.05) is 36.4 Å². The summed E-state index contributed by atoms with van der Waals surface area (Å²) in [5.41, 5.74) is 0.506. The molecule has 0 bridgehead atoms. The van der Waals surface area contributed by atoms with Gasteiger partial charge < -0.3 is 4.74 Å². The van der Waals surface area contributed by atoms with E-state index in [1.807, 2.05) is 0 Å². The van der Waals surface area contributed by atoms with Crippen molar-refractivity contribution < 1.29 is 31.5 Å². The number of carbonyl (C=O) groups excluding carboxylic acids is 1. The molecule has 0 N–H and O–H groups in total. The van der Waals surface area contributed by atoms with Crippen LogP contribution in [-0.4, -0.2) is 12.6 Å². The Balaban J connectivity index is 2.20. The lowest BCUT2D eigenvalue weighted by atomic mass is 10.0. The van der Waals surface area contributed by atoms with E-state index in [0.717, 1.165) is 24.3 Å². The molecule has 0 fully saturated rings. The highest BCUT2D eigenvalue weighted by Crippen LogP contribution is 2.29. The molecule has 0 amide bonds. The molecule has 7 heteroatoms. The topological polar surface area (TPSA) is 26.3 Å². The summed E-state index contributed by atoms with van der Waals surface area (Å²) >= 11 is 0. The minimum Gasteiger partial charge on any atom is -0.406 e. The molecule has 0 heterocycles.